The quantitative estimate of drug-likeness (QED) is 0.875. The van der Waals surface area contributed by atoms with Crippen molar-refractivity contribution >= 4 is 17.7 Å². The Labute approximate surface area is 119 Å². The van der Waals surface area contributed by atoms with Crippen molar-refractivity contribution in [2.24, 2.45) is 0 Å². The molecular weight excluding hydrogens is 279 g/mol. The van der Waals surface area contributed by atoms with Gasteiger partial charge in [0.15, 0.2) is 5.82 Å². The monoisotopic (exact) mass is 292 g/mol. The van der Waals surface area contributed by atoms with Crippen molar-refractivity contribution in [3.05, 3.63) is 30.1 Å². The number of aromatic amines is 1. The summed E-state index contributed by atoms with van der Waals surface area (Å²) in [5.74, 6) is 0.437. The van der Waals surface area contributed by atoms with Gasteiger partial charge in [0, 0.05) is 13.1 Å². The number of likely N-dealkylation sites (tertiary alicyclic amines) is 1. The van der Waals surface area contributed by atoms with Gasteiger partial charge in [0.05, 0.1) is 11.3 Å². The highest BCUT2D eigenvalue weighted by Gasteiger charge is 2.20. The zero-order valence-corrected chi connectivity index (χ0v) is 11.5. The van der Waals surface area contributed by atoms with Gasteiger partial charge in [-0.1, -0.05) is 23.9 Å². The zero-order chi connectivity index (χ0) is 13.9. The number of rotatable bonds is 4. The predicted octanol–water partition coefficient (Wildman–Crippen LogP) is 1.94. The van der Waals surface area contributed by atoms with Crippen LogP contribution in [0.25, 0.3) is 11.4 Å². The predicted molar refractivity (Wildman–Crippen MR) is 73.7 cm³/mol. The number of amides is 1. The number of halogens is 1. The lowest BCUT2D eigenvalue weighted by atomic mass is 10.2. The van der Waals surface area contributed by atoms with Crippen LogP contribution in [0.4, 0.5) is 4.39 Å². The Kier molecular flexibility index (Phi) is 3.68. The minimum Gasteiger partial charge on any atom is -0.342 e. The second-order valence-corrected chi connectivity index (χ2v) is 5.41. The van der Waals surface area contributed by atoms with Crippen LogP contribution in [0.3, 0.4) is 0 Å². The molecule has 104 valence electrons. The lowest BCUT2D eigenvalue weighted by Gasteiger charge is -2.30. The van der Waals surface area contributed by atoms with Gasteiger partial charge in [0.1, 0.15) is 5.82 Å². The van der Waals surface area contributed by atoms with Gasteiger partial charge in [-0.15, -0.1) is 5.10 Å². The van der Waals surface area contributed by atoms with Gasteiger partial charge in [-0.2, -0.15) is 0 Å². The molecule has 0 spiro atoms. The molecule has 2 heterocycles. The Balaban J connectivity index is 1.65. The molecule has 1 aromatic heterocycles. The zero-order valence-electron chi connectivity index (χ0n) is 10.7. The van der Waals surface area contributed by atoms with Crippen molar-refractivity contribution in [3.63, 3.8) is 0 Å². The summed E-state index contributed by atoms with van der Waals surface area (Å²) < 4.78 is 13.6. The molecule has 5 nitrogen and oxygen atoms in total. The van der Waals surface area contributed by atoms with Gasteiger partial charge in [0.25, 0.3) is 0 Å². The second kappa shape index (κ2) is 5.62. The van der Waals surface area contributed by atoms with E-state index in [4.69, 9.17) is 0 Å². The van der Waals surface area contributed by atoms with Crippen molar-refractivity contribution in [2.75, 3.05) is 18.8 Å². The molecule has 1 aromatic carbocycles. The van der Waals surface area contributed by atoms with Gasteiger partial charge in [-0.25, -0.2) is 9.37 Å². The molecule has 0 aliphatic carbocycles. The Hall–Kier alpha value is -1.89. The Morgan fingerprint density at radius 3 is 2.90 bits per heavy atom. The number of aromatic nitrogens is 3. The first-order valence-corrected chi connectivity index (χ1v) is 7.30. The molecule has 1 aliphatic heterocycles. The van der Waals surface area contributed by atoms with Crippen LogP contribution in [0.15, 0.2) is 29.4 Å². The smallest absolute Gasteiger partial charge is 0.233 e. The van der Waals surface area contributed by atoms with Crippen LogP contribution < -0.4 is 0 Å². The molecular formula is C13H13FN4OS. The molecule has 20 heavy (non-hydrogen) atoms. The summed E-state index contributed by atoms with van der Waals surface area (Å²) in [5, 5.41) is 7.15. The van der Waals surface area contributed by atoms with Crippen molar-refractivity contribution in [1.82, 2.24) is 20.1 Å². The van der Waals surface area contributed by atoms with E-state index in [1.165, 1.54) is 17.8 Å². The summed E-state index contributed by atoms with van der Waals surface area (Å²) in [6, 6.07) is 6.37. The number of H-pyrrole nitrogens is 1. The van der Waals surface area contributed by atoms with Crippen LogP contribution in [0, 0.1) is 5.82 Å². The summed E-state index contributed by atoms with van der Waals surface area (Å²) in [6.07, 6.45) is 1.08. The fraction of sp³-hybridized carbons (Fsp3) is 0.308. The number of nitrogens with one attached hydrogen (secondary N) is 1. The fourth-order valence-corrected chi connectivity index (χ4v) is 2.57. The molecule has 0 atom stereocenters. The molecule has 2 aromatic rings. The summed E-state index contributed by atoms with van der Waals surface area (Å²) in [5.41, 5.74) is 0.376. The average Bonchev–Trinajstić information content (AvgIpc) is 2.83. The third-order valence-electron chi connectivity index (χ3n) is 3.13. The highest BCUT2D eigenvalue weighted by Crippen LogP contribution is 2.22. The van der Waals surface area contributed by atoms with E-state index in [2.05, 4.69) is 15.2 Å². The third kappa shape index (κ3) is 2.67. The number of carbonyl (C=O) groups excluding carboxylic acids is 1. The van der Waals surface area contributed by atoms with E-state index in [0.29, 0.717) is 22.3 Å². The largest absolute Gasteiger partial charge is 0.342 e. The van der Waals surface area contributed by atoms with E-state index < -0.39 is 0 Å². The lowest BCUT2D eigenvalue weighted by Crippen LogP contribution is -2.43. The van der Waals surface area contributed by atoms with E-state index in [1.54, 1.807) is 23.1 Å². The summed E-state index contributed by atoms with van der Waals surface area (Å²) >= 11 is 1.26. The maximum Gasteiger partial charge on any atom is 0.233 e. The van der Waals surface area contributed by atoms with Crippen molar-refractivity contribution in [3.8, 4) is 11.4 Å². The van der Waals surface area contributed by atoms with Crippen LogP contribution in [0.5, 0.6) is 0 Å². The molecule has 0 radical (unpaired) electrons. The summed E-state index contributed by atoms with van der Waals surface area (Å²) in [6.45, 7) is 1.68. The normalized spacial score (nSPS) is 14.2. The second-order valence-electron chi connectivity index (χ2n) is 4.47. The van der Waals surface area contributed by atoms with E-state index in [1.807, 2.05) is 0 Å². The van der Waals surface area contributed by atoms with Gasteiger partial charge >= 0.3 is 0 Å². The number of hydrogen-bond acceptors (Lipinski definition) is 4. The number of hydrogen-bond donors (Lipinski definition) is 1. The number of nitrogens with zero attached hydrogens (tertiary/aromatic N) is 3. The third-order valence-corrected chi connectivity index (χ3v) is 3.96. The fourth-order valence-electron chi connectivity index (χ4n) is 1.87. The average molecular weight is 292 g/mol. The topological polar surface area (TPSA) is 61.9 Å². The Morgan fingerprint density at radius 2 is 2.20 bits per heavy atom. The minimum absolute atomic E-state index is 0.0958. The molecule has 1 N–H and O–H groups in total. The van der Waals surface area contributed by atoms with Crippen LogP contribution >= 0.6 is 11.8 Å². The number of benzene rings is 1. The molecule has 1 fully saturated rings. The van der Waals surface area contributed by atoms with Gasteiger partial charge in [-0.05, 0) is 18.6 Å². The van der Waals surface area contributed by atoms with E-state index in [9.17, 15) is 9.18 Å². The van der Waals surface area contributed by atoms with Gasteiger partial charge in [0.2, 0.25) is 11.1 Å². The Bertz CT molecular complexity index is 626. The van der Waals surface area contributed by atoms with Crippen LogP contribution in [0.2, 0.25) is 0 Å². The molecule has 3 rings (SSSR count). The van der Waals surface area contributed by atoms with Crippen LogP contribution in [0.1, 0.15) is 6.42 Å². The number of thioether (sulfide) groups is 1. The first-order chi connectivity index (χ1) is 9.74. The molecule has 0 unspecified atom stereocenters. The summed E-state index contributed by atoms with van der Waals surface area (Å²) in [7, 11) is 0. The maximum atomic E-state index is 13.6. The SMILES string of the molecule is O=C(CSc1n[nH]c(-c2ccccc2F)n1)N1CCC1. The Morgan fingerprint density at radius 1 is 1.40 bits per heavy atom. The molecule has 0 bridgehead atoms. The molecule has 1 saturated heterocycles. The van der Waals surface area contributed by atoms with Crippen molar-refractivity contribution in [2.45, 2.75) is 11.6 Å². The molecule has 1 amide bonds. The first-order valence-electron chi connectivity index (χ1n) is 6.32. The van der Waals surface area contributed by atoms with Gasteiger partial charge in [-0.3, -0.25) is 9.89 Å². The van der Waals surface area contributed by atoms with E-state index >= 15 is 0 Å². The molecule has 0 saturated carbocycles. The minimum atomic E-state index is -0.350. The van der Waals surface area contributed by atoms with Crippen LogP contribution in [-0.2, 0) is 4.79 Å². The van der Waals surface area contributed by atoms with E-state index in [0.717, 1.165) is 19.5 Å². The van der Waals surface area contributed by atoms with E-state index in [-0.39, 0.29) is 11.7 Å². The standard InChI is InChI=1S/C13H13FN4OS/c14-10-5-2-1-4-9(10)12-15-13(17-16-12)20-8-11(19)18-6-3-7-18/h1-2,4-5H,3,6-8H2,(H,15,16,17). The summed E-state index contributed by atoms with van der Waals surface area (Å²) in [4.78, 5) is 17.7. The highest BCUT2D eigenvalue weighted by molar-refractivity contribution is 7.99. The van der Waals surface area contributed by atoms with Gasteiger partial charge < -0.3 is 4.90 Å². The van der Waals surface area contributed by atoms with Crippen molar-refractivity contribution in [1.29, 1.82) is 0 Å². The van der Waals surface area contributed by atoms with Crippen molar-refractivity contribution < 1.29 is 9.18 Å². The highest BCUT2D eigenvalue weighted by atomic mass is 32.2. The molecule has 1 aliphatic rings. The maximum absolute atomic E-state index is 13.6. The number of carbonyl (C=O) groups is 1. The lowest BCUT2D eigenvalue weighted by molar-refractivity contribution is -0.131. The molecule has 7 heteroatoms. The van der Waals surface area contributed by atoms with Crippen LogP contribution in [-0.4, -0.2) is 44.8 Å². The first kappa shape index (κ1) is 13.1.